The van der Waals surface area contributed by atoms with Gasteiger partial charge < -0.3 is 20.7 Å². The van der Waals surface area contributed by atoms with Gasteiger partial charge in [-0.25, -0.2) is 19.8 Å². The van der Waals surface area contributed by atoms with E-state index >= 15 is 0 Å². The van der Waals surface area contributed by atoms with E-state index in [1.807, 2.05) is 13.8 Å². The molecule has 5 rings (SSSR count). The number of likely N-dealkylation sites (N-methyl/N-ethyl adjacent to an activating group) is 1. The minimum Gasteiger partial charge on any atom is -0.486 e. The lowest BCUT2D eigenvalue weighted by molar-refractivity contribution is 0.149. The van der Waals surface area contributed by atoms with E-state index in [-0.39, 0.29) is 17.7 Å². The van der Waals surface area contributed by atoms with Crippen molar-refractivity contribution < 1.29 is 9.53 Å². The summed E-state index contributed by atoms with van der Waals surface area (Å²) in [5, 5.41) is 3.35. The van der Waals surface area contributed by atoms with E-state index in [2.05, 4.69) is 70.1 Å². The van der Waals surface area contributed by atoms with Crippen LogP contribution in [0.25, 0.3) is 0 Å². The number of likely N-dealkylation sites (tertiary alicyclic amines) is 1. The van der Waals surface area contributed by atoms with Gasteiger partial charge in [-0.1, -0.05) is 13.3 Å². The zero-order chi connectivity index (χ0) is 27.0. The first-order chi connectivity index (χ1) is 18.3. The van der Waals surface area contributed by atoms with Crippen LogP contribution in [0.5, 0.6) is 0 Å². The monoisotopic (exact) mass is 515 g/mol. The van der Waals surface area contributed by atoms with Gasteiger partial charge in [-0.05, 0) is 70.5 Å². The van der Waals surface area contributed by atoms with Gasteiger partial charge in [0, 0.05) is 48.5 Å². The molecule has 2 saturated heterocycles. The summed E-state index contributed by atoms with van der Waals surface area (Å²) in [5.41, 5.74) is 11.4. The molecule has 0 spiro atoms. The van der Waals surface area contributed by atoms with Gasteiger partial charge in [-0.15, -0.1) is 0 Å². The van der Waals surface area contributed by atoms with Crippen molar-refractivity contribution in [2.45, 2.75) is 71.1 Å². The highest BCUT2D eigenvalue weighted by Crippen LogP contribution is 2.38. The fourth-order valence-corrected chi connectivity index (χ4v) is 5.88. The number of benzene rings is 1. The summed E-state index contributed by atoms with van der Waals surface area (Å²) in [5.74, 6) is 2.52. The molecule has 0 aliphatic carbocycles. The molecular weight excluding hydrogens is 478 g/mol. The highest BCUT2D eigenvalue weighted by Gasteiger charge is 2.41. The molecule has 200 valence electrons. The van der Waals surface area contributed by atoms with Crippen LogP contribution in [0, 0.1) is 6.92 Å². The van der Waals surface area contributed by atoms with E-state index in [0.717, 1.165) is 30.9 Å². The SMILES string of the molecule is CCCC1=NC(N)=C(OC(C)C)C(=C=O)C1c1ccnc(Nc2ccc(N3C[C@@H]4C[C@H]3CN4C)c(C)c2)n1. The molecule has 1 aromatic heterocycles. The van der Waals surface area contributed by atoms with Crippen LogP contribution in [0.15, 0.2) is 52.6 Å². The number of rotatable bonds is 8. The third-order valence-electron chi connectivity index (χ3n) is 7.58. The first-order valence-corrected chi connectivity index (χ1v) is 13.5. The molecule has 9 nitrogen and oxygen atoms in total. The highest BCUT2D eigenvalue weighted by atomic mass is 16.5. The van der Waals surface area contributed by atoms with Crippen LogP contribution in [-0.2, 0) is 9.53 Å². The quantitative estimate of drug-likeness (QED) is 0.507. The molecule has 1 unspecified atom stereocenters. The molecule has 2 bridgehead atoms. The lowest BCUT2D eigenvalue weighted by atomic mass is 9.86. The van der Waals surface area contributed by atoms with E-state index in [9.17, 15) is 4.79 Å². The maximum atomic E-state index is 12.2. The average Bonchev–Trinajstić information content (AvgIpc) is 3.45. The van der Waals surface area contributed by atoms with E-state index in [1.54, 1.807) is 12.3 Å². The number of hydrogen-bond donors (Lipinski definition) is 2. The van der Waals surface area contributed by atoms with Crippen molar-refractivity contribution in [1.29, 1.82) is 0 Å². The molecule has 38 heavy (non-hydrogen) atoms. The average molecular weight is 516 g/mol. The molecule has 3 aliphatic heterocycles. The van der Waals surface area contributed by atoms with Gasteiger partial charge >= 0.3 is 0 Å². The summed E-state index contributed by atoms with van der Waals surface area (Å²) in [6, 6.07) is 9.45. The highest BCUT2D eigenvalue weighted by molar-refractivity contribution is 5.98. The Morgan fingerprint density at radius 1 is 1.24 bits per heavy atom. The van der Waals surface area contributed by atoms with Crippen molar-refractivity contribution in [2.24, 2.45) is 10.7 Å². The third kappa shape index (κ3) is 4.91. The largest absolute Gasteiger partial charge is 0.486 e. The Bertz CT molecular complexity index is 1330. The molecule has 0 radical (unpaired) electrons. The van der Waals surface area contributed by atoms with Gasteiger partial charge in [0.05, 0.1) is 23.3 Å². The predicted molar refractivity (Wildman–Crippen MR) is 150 cm³/mol. The minimum absolute atomic E-state index is 0.166. The number of carbonyl (C=O) groups excluding carboxylic acids is 1. The Morgan fingerprint density at radius 2 is 2.05 bits per heavy atom. The van der Waals surface area contributed by atoms with Crippen LogP contribution < -0.4 is 16.0 Å². The fraction of sp³-hybridized carbons (Fsp3) is 0.483. The number of nitrogens with zero attached hydrogens (tertiary/aromatic N) is 5. The maximum absolute atomic E-state index is 12.2. The Balaban J connectivity index is 1.40. The molecule has 1 aromatic carbocycles. The Kier molecular flexibility index (Phi) is 7.23. The Morgan fingerprint density at radius 3 is 2.68 bits per heavy atom. The van der Waals surface area contributed by atoms with Crippen LogP contribution in [0.3, 0.4) is 0 Å². The second kappa shape index (κ2) is 10.6. The third-order valence-corrected chi connectivity index (χ3v) is 7.58. The van der Waals surface area contributed by atoms with Crippen LogP contribution in [0.1, 0.15) is 57.2 Å². The molecule has 3 atom stereocenters. The van der Waals surface area contributed by atoms with Gasteiger partial charge in [0.15, 0.2) is 11.6 Å². The molecule has 0 amide bonds. The lowest BCUT2D eigenvalue weighted by Crippen LogP contribution is -2.44. The zero-order valence-electron chi connectivity index (χ0n) is 22.9. The van der Waals surface area contributed by atoms with Crippen molar-refractivity contribution in [3.8, 4) is 0 Å². The molecule has 2 fully saturated rings. The first kappa shape index (κ1) is 25.9. The number of piperazine rings is 1. The normalized spacial score (nSPS) is 23.2. The summed E-state index contributed by atoms with van der Waals surface area (Å²) in [4.78, 5) is 31.1. The van der Waals surface area contributed by atoms with Crippen LogP contribution in [-0.4, -0.2) is 64.8 Å². The fourth-order valence-electron chi connectivity index (χ4n) is 5.88. The van der Waals surface area contributed by atoms with E-state index in [0.29, 0.717) is 35.7 Å². The van der Waals surface area contributed by atoms with Crippen molar-refractivity contribution in [1.82, 2.24) is 14.9 Å². The van der Waals surface area contributed by atoms with Crippen LogP contribution in [0.4, 0.5) is 17.3 Å². The number of fused-ring (bicyclic) bond motifs is 2. The van der Waals surface area contributed by atoms with Crippen molar-refractivity contribution in [2.75, 3.05) is 30.4 Å². The number of nitrogens with one attached hydrogen (secondary N) is 1. The van der Waals surface area contributed by atoms with Crippen molar-refractivity contribution >= 4 is 29.0 Å². The van der Waals surface area contributed by atoms with E-state index in [1.165, 1.54) is 17.7 Å². The molecule has 9 heteroatoms. The second-order valence-electron chi connectivity index (χ2n) is 10.7. The molecule has 3 N–H and O–H groups in total. The lowest BCUT2D eigenvalue weighted by Gasteiger charge is -2.34. The maximum Gasteiger partial charge on any atom is 0.227 e. The number of hydrogen-bond acceptors (Lipinski definition) is 9. The molecule has 4 heterocycles. The van der Waals surface area contributed by atoms with Gasteiger partial charge in [0.25, 0.3) is 0 Å². The summed E-state index contributed by atoms with van der Waals surface area (Å²) >= 11 is 0. The first-order valence-electron chi connectivity index (χ1n) is 13.5. The molecular formula is C29H37N7O2. The van der Waals surface area contributed by atoms with Gasteiger partial charge in [-0.2, -0.15) is 0 Å². The van der Waals surface area contributed by atoms with Crippen LogP contribution >= 0.6 is 0 Å². The topological polar surface area (TPSA) is 109 Å². The van der Waals surface area contributed by atoms with E-state index in [4.69, 9.17) is 15.5 Å². The Labute approximate surface area is 224 Å². The smallest absolute Gasteiger partial charge is 0.227 e. The zero-order valence-corrected chi connectivity index (χ0v) is 22.9. The van der Waals surface area contributed by atoms with Gasteiger partial charge in [-0.3, -0.25) is 4.90 Å². The summed E-state index contributed by atoms with van der Waals surface area (Å²) in [7, 11) is 2.22. The second-order valence-corrected chi connectivity index (χ2v) is 10.7. The molecule has 3 aliphatic rings. The Hall–Kier alpha value is -3.68. The summed E-state index contributed by atoms with van der Waals surface area (Å²) in [6.45, 7) is 10.2. The molecule has 2 aromatic rings. The predicted octanol–water partition coefficient (Wildman–Crippen LogP) is 4.07. The van der Waals surface area contributed by atoms with Crippen LogP contribution in [0.2, 0.25) is 0 Å². The number of ether oxygens (including phenoxy) is 1. The number of anilines is 3. The molecule has 0 saturated carbocycles. The van der Waals surface area contributed by atoms with E-state index < -0.39 is 5.92 Å². The van der Waals surface area contributed by atoms with Crippen molar-refractivity contribution in [3.63, 3.8) is 0 Å². The van der Waals surface area contributed by atoms with Crippen molar-refractivity contribution in [3.05, 3.63) is 58.9 Å². The number of allylic oxidation sites excluding steroid dienone is 1. The standard InChI is InChI=1S/C29H37N7O2/c1-6-7-23-26(22(16-37)27(28(30)33-23)38-17(2)3)24-10-11-31-29(34-24)32-19-8-9-25(18(4)12-19)36-15-20-13-21(36)14-35(20)5/h8-12,17,20-21,26H,6-7,13-15,30H2,1-5H3,(H,31,32,34)/t20-,21-,26?/m0/s1. The van der Waals surface area contributed by atoms with Gasteiger partial charge in [0.1, 0.15) is 5.94 Å². The van der Waals surface area contributed by atoms with Gasteiger partial charge in [0.2, 0.25) is 5.95 Å². The summed E-state index contributed by atoms with van der Waals surface area (Å²) < 4.78 is 5.88. The number of aliphatic imine (C=N–C) groups is 1. The number of aryl methyl sites for hydroxylation is 1. The number of nitrogens with two attached hydrogens (primary N) is 1. The number of aromatic nitrogens is 2. The minimum atomic E-state index is -0.495. The summed E-state index contributed by atoms with van der Waals surface area (Å²) in [6.07, 6.45) is 4.29.